The second-order valence-corrected chi connectivity index (χ2v) is 4.31. The van der Waals surface area contributed by atoms with Gasteiger partial charge in [-0.15, -0.1) is 0 Å². The zero-order valence-corrected chi connectivity index (χ0v) is 9.91. The summed E-state index contributed by atoms with van der Waals surface area (Å²) >= 11 is 0. The third kappa shape index (κ3) is 2.38. The Balaban J connectivity index is 2.57. The van der Waals surface area contributed by atoms with Crippen LogP contribution in [0.5, 0.6) is 0 Å². The number of alkyl halides is 3. The molecule has 1 aromatic rings. The van der Waals surface area contributed by atoms with E-state index in [4.69, 9.17) is 5.26 Å². The van der Waals surface area contributed by atoms with E-state index < -0.39 is 28.8 Å². The number of hydrogen-bond acceptors (Lipinski definition) is 4. The molecular weight excluding hydrogens is 261 g/mol. The second-order valence-electron chi connectivity index (χ2n) is 4.31. The first-order chi connectivity index (χ1) is 8.82. The molecule has 1 aromatic heterocycles. The lowest BCUT2D eigenvalue weighted by Gasteiger charge is -2.12. The highest BCUT2D eigenvalue weighted by Crippen LogP contribution is 2.47. The third-order valence-electron chi connectivity index (χ3n) is 3.00. The summed E-state index contributed by atoms with van der Waals surface area (Å²) in [6.07, 6.45) is -3.72. The van der Waals surface area contributed by atoms with Gasteiger partial charge in [-0.05, 0) is 25.0 Å². The first-order valence-corrected chi connectivity index (χ1v) is 5.42. The number of methoxy groups -OCH3 is 1. The van der Waals surface area contributed by atoms with Crippen LogP contribution < -0.4 is 0 Å². The Bertz CT molecular complexity index is 571. The maximum Gasteiger partial charge on any atom is 0.416 e. The predicted octanol–water partition coefficient (Wildman–Crippen LogP) is 2.44. The van der Waals surface area contributed by atoms with Crippen molar-refractivity contribution >= 4 is 5.97 Å². The molecular formula is C12H9F3N2O2. The molecule has 0 aliphatic heterocycles. The number of hydrogen-bond donors (Lipinski definition) is 0. The first kappa shape index (κ1) is 13.3. The van der Waals surface area contributed by atoms with Gasteiger partial charge in [0.1, 0.15) is 5.69 Å². The van der Waals surface area contributed by atoms with Gasteiger partial charge in [0.15, 0.2) is 0 Å². The smallest absolute Gasteiger partial charge is 0.416 e. The number of rotatable bonds is 2. The standard InChI is InChI=1S/C12H9F3N2O2/c1-19-10(18)8-4-7(12(13,14)15)5-9(17-8)11(6-16)2-3-11/h4-5H,2-3H2,1H3. The molecule has 0 spiro atoms. The van der Waals surface area contributed by atoms with Crippen molar-refractivity contribution in [2.75, 3.05) is 7.11 Å². The minimum Gasteiger partial charge on any atom is -0.464 e. The number of ether oxygens (including phenoxy) is 1. The first-order valence-electron chi connectivity index (χ1n) is 5.42. The average molecular weight is 270 g/mol. The van der Waals surface area contributed by atoms with Crippen molar-refractivity contribution in [3.05, 3.63) is 29.1 Å². The lowest BCUT2D eigenvalue weighted by atomic mass is 10.0. The lowest BCUT2D eigenvalue weighted by Crippen LogP contribution is -2.16. The van der Waals surface area contributed by atoms with E-state index in [-0.39, 0.29) is 5.69 Å². The van der Waals surface area contributed by atoms with Gasteiger partial charge < -0.3 is 4.74 Å². The van der Waals surface area contributed by atoms with Crippen LogP contribution in [0.15, 0.2) is 12.1 Å². The molecule has 1 fully saturated rings. The SMILES string of the molecule is COC(=O)c1cc(C(F)(F)F)cc(C2(C#N)CC2)n1. The fourth-order valence-corrected chi connectivity index (χ4v) is 1.70. The van der Waals surface area contributed by atoms with Gasteiger partial charge in [-0.25, -0.2) is 9.78 Å². The molecule has 1 heterocycles. The van der Waals surface area contributed by atoms with Crippen LogP contribution in [0.3, 0.4) is 0 Å². The van der Waals surface area contributed by atoms with Gasteiger partial charge in [-0.1, -0.05) is 0 Å². The largest absolute Gasteiger partial charge is 0.464 e. The molecule has 0 unspecified atom stereocenters. The van der Waals surface area contributed by atoms with E-state index in [2.05, 4.69) is 9.72 Å². The topological polar surface area (TPSA) is 63.0 Å². The number of esters is 1. The van der Waals surface area contributed by atoms with Crippen LogP contribution in [0.4, 0.5) is 13.2 Å². The van der Waals surface area contributed by atoms with Crippen molar-refractivity contribution < 1.29 is 22.7 Å². The Kier molecular flexibility index (Phi) is 2.97. The molecule has 7 heteroatoms. The van der Waals surface area contributed by atoms with E-state index in [0.717, 1.165) is 13.2 Å². The Morgan fingerprint density at radius 3 is 2.53 bits per heavy atom. The number of carbonyl (C=O) groups excluding carboxylic acids is 1. The summed E-state index contributed by atoms with van der Waals surface area (Å²) in [5.41, 5.74) is -2.46. The fraction of sp³-hybridized carbons (Fsp3) is 0.417. The highest BCUT2D eigenvalue weighted by molar-refractivity contribution is 5.87. The fourth-order valence-electron chi connectivity index (χ4n) is 1.70. The minimum absolute atomic E-state index is 0.0229. The van der Waals surface area contributed by atoms with E-state index in [1.807, 2.05) is 6.07 Å². The third-order valence-corrected chi connectivity index (χ3v) is 3.00. The van der Waals surface area contributed by atoms with E-state index in [1.54, 1.807) is 0 Å². The zero-order valence-electron chi connectivity index (χ0n) is 9.91. The second kappa shape index (κ2) is 4.23. The highest BCUT2D eigenvalue weighted by Gasteiger charge is 2.48. The van der Waals surface area contributed by atoms with Gasteiger partial charge in [0.05, 0.1) is 29.9 Å². The van der Waals surface area contributed by atoms with Crippen molar-refractivity contribution in [3.8, 4) is 6.07 Å². The molecule has 0 saturated heterocycles. The van der Waals surface area contributed by atoms with Crippen LogP contribution in [0.2, 0.25) is 0 Å². The number of aromatic nitrogens is 1. The van der Waals surface area contributed by atoms with Gasteiger partial charge in [0.25, 0.3) is 0 Å². The number of carbonyl (C=O) groups is 1. The van der Waals surface area contributed by atoms with Gasteiger partial charge >= 0.3 is 12.1 Å². The monoisotopic (exact) mass is 270 g/mol. The molecule has 100 valence electrons. The normalized spacial score (nSPS) is 16.6. The van der Waals surface area contributed by atoms with E-state index in [1.165, 1.54) is 0 Å². The molecule has 0 aromatic carbocycles. The summed E-state index contributed by atoms with van der Waals surface area (Å²) in [5.74, 6) is -0.957. The maximum absolute atomic E-state index is 12.8. The van der Waals surface area contributed by atoms with Crippen molar-refractivity contribution in [1.29, 1.82) is 5.26 Å². The molecule has 0 radical (unpaired) electrons. The Morgan fingerprint density at radius 1 is 1.47 bits per heavy atom. The zero-order chi connectivity index (χ0) is 14.3. The van der Waals surface area contributed by atoms with Crippen molar-refractivity contribution in [3.63, 3.8) is 0 Å². The van der Waals surface area contributed by atoms with Gasteiger partial charge in [0.2, 0.25) is 0 Å². The maximum atomic E-state index is 12.8. The molecule has 4 nitrogen and oxygen atoms in total. The molecule has 1 saturated carbocycles. The number of nitriles is 1. The molecule has 0 atom stereocenters. The molecule has 0 bridgehead atoms. The lowest BCUT2D eigenvalue weighted by molar-refractivity contribution is -0.137. The summed E-state index contributed by atoms with van der Waals surface area (Å²) < 4.78 is 42.7. The van der Waals surface area contributed by atoms with Crippen LogP contribution in [-0.4, -0.2) is 18.1 Å². The van der Waals surface area contributed by atoms with Crippen LogP contribution in [-0.2, 0) is 16.3 Å². The minimum atomic E-state index is -4.61. The molecule has 0 N–H and O–H groups in total. The molecule has 0 amide bonds. The summed E-state index contributed by atoms with van der Waals surface area (Å²) in [6, 6.07) is 3.40. The van der Waals surface area contributed by atoms with E-state index in [0.29, 0.717) is 18.9 Å². The van der Waals surface area contributed by atoms with Crippen molar-refractivity contribution in [2.24, 2.45) is 0 Å². The molecule has 1 aliphatic rings. The summed E-state index contributed by atoms with van der Waals surface area (Å²) in [7, 11) is 1.06. The highest BCUT2D eigenvalue weighted by atomic mass is 19.4. The predicted molar refractivity (Wildman–Crippen MR) is 57.1 cm³/mol. The van der Waals surface area contributed by atoms with E-state index >= 15 is 0 Å². The Labute approximate surface area is 106 Å². The number of nitrogens with zero attached hydrogens (tertiary/aromatic N) is 2. The molecule has 1 aliphatic carbocycles. The van der Waals surface area contributed by atoms with Crippen molar-refractivity contribution in [1.82, 2.24) is 4.98 Å². The Hall–Kier alpha value is -2.10. The summed E-state index contributed by atoms with van der Waals surface area (Å²) in [5, 5.41) is 9.00. The van der Waals surface area contributed by atoms with Gasteiger partial charge in [-0.2, -0.15) is 18.4 Å². The number of halogens is 3. The van der Waals surface area contributed by atoms with Crippen LogP contribution in [0.25, 0.3) is 0 Å². The van der Waals surface area contributed by atoms with Crippen LogP contribution >= 0.6 is 0 Å². The summed E-state index contributed by atoms with van der Waals surface area (Å²) in [4.78, 5) is 15.2. The van der Waals surface area contributed by atoms with Crippen molar-refractivity contribution in [2.45, 2.75) is 24.4 Å². The molecule has 19 heavy (non-hydrogen) atoms. The quantitative estimate of drug-likeness (QED) is 0.774. The average Bonchev–Trinajstić information content (AvgIpc) is 3.17. The van der Waals surface area contributed by atoms with Crippen LogP contribution in [0, 0.1) is 11.3 Å². The van der Waals surface area contributed by atoms with E-state index in [9.17, 15) is 18.0 Å². The van der Waals surface area contributed by atoms with Crippen LogP contribution in [0.1, 0.15) is 34.6 Å². The summed E-state index contributed by atoms with van der Waals surface area (Å²) in [6.45, 7) is 0. The Morgan fingerprint density at radius 2 is 2.11 bits per heavy atom. The molecule has 2 rings (SSSR count). The van der Waals surface area contributed by atoms with Gasteiger partial charge in [0, 0.05) is 0 Å². The van der Waals surface area contributed by atoms with Gasteiger partial charge in [-0.3, -0.25) is 0 Å². The number of pyridine rings is 1.